The van der Waals surface area contributed by atoms with E-state index in [1.54, 1.807) is 34.6 Å². The van der Waals surface area contributed by atoms with Crippen LogP contribution in [0.2, 0.25) is 0 Å². The minimum atomic E-state index is -0.0404. The van der Waals surface area contributed by atoms with Crippen molar-refractivity contribution in [3.05, 3.63) is 59.4 Å². The molecule has 0 saturated carbocycles. The van der Waals surface area contributed by atoms with Gasteiger partial charge in [-0.05, 0) is 42.2 Å². The zero-order valence-electron chi connectivity index (χ0n) is 21.7. The molecule has 194 valence electrons. The highest BCUT2D eigenvalue weighted by molar-refractivity contribution is 5.98. The smallest absolute Gasteiger partial charge is 0.225 e. The van der Waals surface area contributed by atoms with E-state index in [2.05, 4.69) is 26.9 Å². The predicted molar refractivity (Wildman–Crippen MR) is 141 cm³/mol. The fourth-order valence-corrected chi connectivity index (χ4v) is 5.13. The molecule has 0 spiro atoms. The molecule has 1 fully saturated rings. The van der Waals surface area contributed by atoms with Crippen LogP contribution in [-0.4, -0.2) is 70.4 Å². The second-order valence-corrected chi connectivity index (χ2v) is 9.19. The third kappa shape index (κ3) is 4.85. The molecular formula is C28H32N4O5. The van der Waals surface area contributed by atoms with Crippen molar-refractivity contribution < 1.29 is 23.7 Å². The van der Waals surface area contributed by atoms with E-state index in [4.69, 9.17) is 23.9 Å². The fraction of sp³-hybridized carbons (Fsp3) is 0.393. The van der Waals surface area contributed by atoms with Crippen molar-refractivity contribution in [3.8, 4) is 23.0 Å². The van der Waals surface area contributed by atoms with Gasteiger partial charge in [-0.15, -0.1) is 0 Å². The summed E-state index contributed by atoms with van der Waals surface area (Å²) < 4.78 is 21.9. The molecule has 5 rings (SSSR count). The number of carbonyl (C=O) groups excluding carboxylic acids is 1. The van der Waals surface area contributed by atoms with Crippen LogP contribution in [0.1, 0.15) is 34.0 Å². The van der Waals surface area contributed by atoms with Crippen LogP contribution in [0.5, 0.6) is 23.0 Å². The van der Waals surface area contributed by atoms with Gasteiger partial charge in [0.05, 0.1) is 39.7 Å². The highest BCUT2D eigenvalue weighted by Gasteiger charge is 2.30. The Bertz CT molecular complexity index is 1260. The zero-order valence-corrected chi connectivity index (χ0v) is 21.7. The standard InChI is InChI=1S/C28H32N4O5/c1-34-21-7-5-6-20(16-21)31-8-10-32(11-9-31)28-29-17-22-23(30-28)12-18(13-24(22)33)19-14-25(35-2)27(37-4)26(15-19)36-3/h5-7,14-18H,8-13H2,1-4H3/t18-/m0/s1. The number of ketones is 1. The summed E-state index contributed by atoms with van der Waals surface area (Å²) >= 11 is 0. The lowest BCUT2D eigenvalue weighted by molar-refractivity contribution is 0.0962. The van der Waals surface area contributed by atoms with Gasteiger partial charge in [0.2, 0.25) is 11.7 Å². The lowest BCUT2D eigenvalue weighted by atomic mass is 9.82. The molecule has 1 aliphatic carbocycles. The number of ether oxygens (including phenoxy) is 4. The van der Waals surface area contributed by atoms with E-state index in [-0.39, 0.29) is 11.7 Å². The molecule has 0 bridgehead atoms. The number of Topliss-reactive ketones (excluding diaryl/α,β-unsaturated/α-hetero) is 1. The molecule has 0 amide bonds. The lowest BCUT2D eigenvalue weighted by Gasteiger charge is -2.36. The number of nitrogens with zero attached hydrogens (tertiary/aromatic N) is 4. The highest BCUT2D eigenvalue weighted by atomic mass is 16.5. The SMILES string of the molecule is COc1cccc(N2CCN(c3ncc4c(n3)C[C@H](c3cc(OC)c(OC)c(OC)c3)CC4=O)CC2)c1. The molecule has 3 aromatic rings. The van der Waals surface area contributed by atoms with E-state index in [9.17, 15) is 4.79 Å². The van der Waals surface area contributed by atoms with Crippen molar-refractivity contribution >= 4 is 17.4 Å². The Balaban J connectivity index is 1.34. The molecule has 0 unspecified atom stereocenters. The Kier molecular flexibility index (Phi) is 7.03. The van der Waals surface area contributed by atoms with Crippen LogP contribution < -0.4 is 28.7 Å². The summed E-state index contributed by atoms with van der Waals surface area (Å²) in [5, 5.41) is 0. The molecule has 0 N–H and O–H groups in total. The van der Waals surface area contributed by atoms with Gasteiger partial charge in [-0.3, -0.25) is 4.79 Å². The normalized spacial score (nSPS) is 17.3. The first-order valence-electron chi connectivity index (χ1n) is 12.4. The number of benzene rings is 2. The first-order chi connectivity index (χ1) is 18.0. The van der Waals surface area contributed by atoms with Crippen molar-refractivity contribution in [2.24, 2.45) is 0 Å². The third-order valence-electron chi connectivity index (χ3n) is 7.17. The summed E-state index contributed by atoms with van der Waals surface area (Å²) in [5.41, 5.74) is 3.50. The van der Waals surface area contributed by atoms with Crippen LogP contribution in [0.3, 0.4) is 0 Å². The van der Waals surface area contributed by atoms with Crippen molar-refractivity contribution in [1.82, 2.24) is 9.97 Å². The monoisotopic (exact) mass is 504 g/mol. The van der Waals surface area contributed by atoms with Gasteiger partial charge >= 0.3 is 0 Å². The summed E-state index contributed by atoms with van der Waals surface area (Å²) in [6.07, 6.45) is 2.71. The number of piperazine rings is 1. The number of anilines is 2. The first kappa shape index (κ1) is 24.7. The number of hydrogen-bond acceptors (Lipinski definition) is 9. The van der Waals surface area contributed by atoms with E-state index in [1.165, 1.54) is 0 Å². The Morgan fingerprint density at radius 2 is 1.54 bits per heavy atom. The maximum atomic E-state index is 13.0. The van der Waals surface area contributed by atoms with Gasteiger partial charge in [0.1, 0.15) is 5.75 Å². The first-order valence-corrected chi connectivity index (χ1v) is 12.4. The van der Waals surface area contributed by atoms with Crippen LogP contribution in [0, 0.1) is 0 Å². The highest BCUT2D eigenvalue weighted by Crippen LogP contribution is 2.42. The summed E-state index contributed by atoms with van der Waals surface area (Å²) in [5.74, 6) is 3.22. The Morgan fingerprint density at radius 3 is 2.19 bits per heavy atom. The van der Waals surface area contributed by atoms with Crippen LogP contribution in [-0.2, 0) is 6.42 Å². The van der Waals surface area contributed by atoms with E-state index >= 15 is 0 Å². The molecule has 2 heterocycles. The molecule has 1 aromatic heterocycles. The zero-order chi connectivity index (χ0) is 25.9. The average molecular weight is 505 g/mol. The minimum Gasteiger partial charge on any atom is -0.497 e. The van der Waals surface area contributed by atoms with Gasteiger partial charge in [0.25, 0.3) is 0 Å². The van der Waals surface area contributed by atoms with Crippen LogP contribution in [0.15, 0.2) is 42.6 Å². The third-order valence-corrected chi connectivity index (χ3v) is 7.17. The summed E-state index contributed by atoms with van der Waals surface area (Å²) in [4.78, 5) is 27.0. The van der Waals surface area contributed by atoms with Gasteiger partial charge in [0, 0.05) is 50.6 Å². The number of hydrogen-bond donors (Lipinski definition) is 0. The predicted octanol–water partition coefficient (Wildman–Crippen LogP) is 3.75. The van der Waals surface area contributed by atoms with E-state index in [0.717, 1.165) is 48.9 Å². The molecule has 1 aliphatic heterocycles. The summed E-state index contributed by atoms with van der Waals surface area (Å²) in [6.45, 7) is 3.28. The van der Waals surface area contributed by atoms with Gasteiger partial charge in [-0.2, -0.15) is 0 Å². The van der Waals surface area contributed by atoms with E-state index in [1.807, 2.05) is 24.3 Å². The molecule has 9 nitrogen and oxygen atoms in total. The Hall–Kier alpha value is -4.01. The maximum absolute atomic E-state index is 13.0. The quantitative estimate of drug-likeness (QED) is 0.477. The topological polar surface area (TPSA) is 86.2 Å². The summed E-state index contributed by atoms with van der Waals surface area (Å²) in [7, 11) is 6.45. The van der Waals surface area contributed by atoms with Crippen molar-refractivity contribution in [1.29, 1.82) is 0 Å². The number of rotatable bonds is 7. The maximum Gasteiger partial charge on any atom is 0.225 e. The van der Waals surface area contributed by atoms with Crippen molar-refractivity contribution in [2.75, 3.05) is 64.4 Å². The second kappa shape index (κ2) is 10.5. The number of fused-ring (bicyclic) bond motifs is 1. The van der Waals surface area contributed by atoms with Crippen LogP contribution >= 0.6 is 0 Å². The van der Waals surface area contributed by atoms with Gasteiger partial charge in [-0.25, -0.2) is 9.97 Å². The van der Waals surface area contributed by atoms with Crippen molar-refractivity contribution in [2.45, 2.75) is 18.8 Å². The molecule has 2 aromatic carbocycles. The second-order valence-electron chi connectivity index (χ2n) is 9.19. The van der Waals surface area contributed by atoms with Crippen LogP contribution in [0.4, 0.5) is 11.6 Å². The molecular weight excluding hydrogens is 472 g/mol. The van der Waals surface area contributed by atoms with E-state index < -0.39 is 0 Å². The van der Waals surface area contributed by atoms with Crippen LogP contribution in [0.25, 0.3) is 0 Å². The van der Waals surface area contributed by atoms with Crippen molar-refractivity contribution in [3.63, 3.8) is 0 Å². The minimum absolute atomic E-state index is 0.0404. The van der Waals surface area contributed by atoms with Gasteiger partial charge < -0.3 is 28.7 Å². The van der Waals surface area contributed by atoms with Gasteiger partial charge in [0.15, 0.2) is 17.3 Å². The number of aromatic nitrogens is 2. The molecule has 37 heavy (non-hydrogen) atoms. The molecule has 1 atom stereocenters. The number of methoxy groups -OCH3 is 4. The largest absolute Gasteiger partial charge is 0.497 e. The van der Waals surface area contributed by atoms with Gasteiger partial charge in [-0.1, -0.05) is 6.07 Å². The average Bonchev–Trinajstić information content (AvgIpc) is 2.96. The lowest BCUT2D eigenvalue weighted by Crippen LogP contribution is -2.47. The molecule has 0 radical (unpaired) electrons. The summed E-state index contributed by atoms with van der Waals surface area (Å²) in [6, 6.07) is 12.0. The molecule has 2 aliphatic rings. The Morgan fingerprint density at radius 1 is 0.838 bits per heavy atom. The Labute approximate surface area is 216 Å². The molecule has 9 heteroatoms. The fourth-order valence-electron chi connectivity index (χ4n) is 5.13. The molecule has 1 saturated heterocycles. The van der Waals surface area contributed by atoms with E-state index in [0.29, 0.717) is 41.6 Å². The number of carbonyl (C=O) groups is 1.